The topological polar surface area (TPSA) is 35.5 Å². The monoisotopic (exact) mass is 332 g/mol. The van der Waals surface area contributed by atoms with Gasteiger partial charge in [-0.25, -0.2) is 0 Å². The number of halogens is 1. The summed E-state index contributed by atoms with van der Waals surface area (Å²) in [6, 6.07) is 11.7. The van der Waals surface area contributed by atoms with E-state index in [2.05, 4.69) is 19.1 Å². The van der Waals surface area contributed by atoms with Gasteiger partial charge >= 0.3 is 5.97 Å². The lowest BCUT2D eigenvalue weighted by atomic mass is 10.0. The first-order chi connectivity index (χ1) is 11.0. The first kappa shape index (κ1) is 17.4. The highest BCUT2D eigenvalue weighted by atomic mass is 35.5. The molecule has 0 saturated heterocycles. The van der Waals surface area contributed by atoms with Crippen LogP contribution in [0, 0.1) is 6.92 Å². The summed E-state index contributed by atoms with van der Waals surface area (Å²) in [5.41, 5.74) is 4.01. The van der Waals surface area contributed by atoms with Gasteiger partial charge in [0, 0.05) is 10.6 Å². The quantitative estimate of drug-likeness (QED) is 0.730. The van der Waals surface area contributed by atoms with Gasteiger partial charge in [-0.2, -0.15) is 0 Å². The van der Waals surface area contributed by atoms with Crippen LogP contribution < -0.4 is 4.74 Å². The van der Waals surface area contributed by atoms with Crippen molar-refractivity contribution in [1.82, 2.24) is 0 Å². The van der Waals surface area contributed by atoms with Crippen LogP contribution in [0.2, 0.25) is 5.02 Å². The van der Waals surface area contributed by atoms with Crippen LogP contribution in [0.15, 0.2) is 36.4 Å². The molecule has 0 bridgehead atoms. The zero-order valence-corrected chi connectivity index (χ0v) is 14.4. The molecule has 0 aliphatic rings. The lowest BCUT2D eigenvalue weighted by molar-refractivity contribution is -0.139. The van der Waals surface area contributed by atoms with E-state index in [9.17, 15) is 4.79 Å². The largest absolute Gasteiger partial charge is 0.489 e. The third-order valence-electron chi connectivity index (χ3n) is 3.80. The van der Waals surface area contributed by atoms with E-state index in [1.165, 1.54) is 12.7 Å². The first-order valence-electron chi connectivity index (χ1n) is 7.60. The Morgan fingerprint density at radius 3 is 2.65 bits per heavy atom. The fourth-order valence-corrected chi connectivity index (χ4v) is 2.65. The van der Waals surface area contributed by atoms with Crippen molar-refractivity contribution in [1.29, 1.82) is 0 Å². The number of ether oxygens (including phenoxy) is 2. The standard InChI is InChI=1S/C19H21ClO3/c1-4-14-8-9-18(13(2)10-14)23-12-16-15(11-19(21)22-3)6-5-7-17(16)20/h5-10H,4,11-12H2,1-3H3. The number of hydrogen-bond donors (Lipinski definition) is 0. The van der Waals surface area contributed by atoms with E-state index in [-0.39, 0.29) is 12.4 Å². The Morgan fingerprint density at radius 2 is 2.00 bits per heavy atom. The van der Waals surface area contributed by atoms with Crippen LogP contribution in [-0.2, 0) is 29.0 Å². The number of carbonyl (C=O) groups is 1. The van der Waals surface area contributed by atoms with Crippen LogP contribution >= 0.6 is 11.6 Å². The molecule has 0 N–H and O–H groups in total. The lowest BCUT2D eigenvalue weighted by Crippen LogP contribution is -2.09. The minimum Gasteiger partial charge on any atom is -0.489 e. The Balaban J connectivity index is 2.18. The highest BCUT2D eigenvalue weighted by Crippen LogP contribution is 2.25. The SMILES string of the molecule is CCc1ccc(OCc2c(Cl)cccc2CC(=O)OC)c(C)c1. The molecule has 122 valence electrons. The maximum atomic E-state index is 11.5. The highest BCUT2D eigenvalue weighted by Gasteiger charge is 2.12. The third kappa shape index (κ3) is 4.49. The molecule has 0 unspecified atom stereocenters. The maximum Gasteiger partial charge on any atom is 0.309 e. The van der Waals surface area contributed by atoms with Gasteiger partial charge in [0.1, 0.15) is 12.4 Å². The van der Waals surface area contributed by atoms with Gasteiger partial charge < -0.3 is 9.47 Å². The van der Waals surface area contributed by atoms with Crippen molar-refractivity contribution in [2.24, 2.45) is 0 Å². The number of hydrogen-bond acceptors (Lipinski definition) is 3. The molecule has 0 amide bonds. The molecule has 0 spiro atoms. The van der Waals surface area contributed by atoms with E-state index in [1.807, 2.05) is 25.1 Å². The summed E-state index contributed by atoms with van der Waals surface area (Å²) in [6.45, 7) is 4.47. The second-order valence-electron chi connectivity index (χ2n) is 5.37. The van der Waals surface area contributed by atoms with Crippen LogP contribution in [0.1, 0.15) is 29.2 Å². The van der Waals surface area contributed by atoms with Crippen LogP contribution in [0.25, 0.3) is 0 Å². The van der Waals surface area contributed by atoms with Crippen molar-refractivity contribution in [3.63, 3.8) is 0 Å². The van der Waals surface area contributed by atoms with Gasteiger partial charge in [-0.1, -0.05) is 42.8 Å². The molecule has 0 atom stereocenters. The maximum absolute atomic E-state index is 11.5. The van der Waals surface area contributed by atoms with Crippen LogP contribution in [0.5, 0.6) is 5.75 Å². The van der Waals surface area contributed by atoms with Crippen LogP contribution in [0.3, 0.4) is 0 Å². The van der Waals surface area contributed by atoms with E-state index < -0.39 is 0 Å². The minimum absolute atomic E-state index is 0.184. The normalized spacial score (nSPS) is 10.4. The summed E-state index contributed by atoms with van der Waals surface area (Å²) in [5.74, 6) is 0.531. The van der Waals surface area contributed by atoms with Crippen molar-refractivity contribution in [2.45, 2.75) is 33.3 Å². The van der Waals surface area contributed by atoms with E-state index >= 15 is 0 Å². The molecule has 3 nitrogen and oxygen atoms in total. The van der Waals surface area contributed by atoms with Gasteiger partial charge in [-0.15, -0.1) is 0 Å². The fourth-order valence-electron chi connectivity index (χ4n) is 2.40. The van der Waals surface area contributed by atoms with Gasteiger partial charge in [0.2, 0.25) is 0 Å². The summed E-state index contributed by atoms with van der Waals surface area (Å²) >= 11 is 6.28. The predicted octanol–water partition coefficient (Wildman–Crippen LogP) is 4.51. The Labute approximate surface area is 142 Å². The van der Waals surface area contributed by atoms with E-state index in [1.54, 1.807) is 6.07 Å². The number of rotatable bonds is 6. The van der Waals surface area contributed by atoms with Gasteiger partial charge in [-0.3, -0.25) is 4.79 Å². The predicted molar refractivity (Wildman–Crippen MR) is 92.1 cm³/mol. The Kier molecular flexibility index (Phi) is 6.05. The molecule has 0 aromatic heterocycles. The molecule has 0 saturated carbocycles. The van der Waals surface area contributed by atoms with E-state index in [4.69, 9.17) is 21.1 Å². The van der Waals surface area contributed by atoms with Gasteiger partial charge in [0.15, 0.2) is 0 Å². The molecule has 0 radical (unpaired) electrons. The summed E-state index contributed by atoms with van der Waals surface area (Å²) in [5, 5.41) is 0.592. The van der Waals surface area contributed by atoms with Crippen molar-refractivity contribution in [3.8, 4) is 5.75 Å². The molecule has 0 aliphatic carbocycles. The summed E-state index contributed by atoms with van der Waals surface area (Å²) in [6.07, 6.45) is 1.18. The Bertz CT molecular complexity index is 695. The molecule has 0 heterocycles. The summed E-state index contributed by atoms with van der Waals surface area (Å²) in [7, 11) is 1.38. The van der Waals surface area contributed by atoms with E-state index in [0.717, 1.165) is 28.9 Å². The zero-order valence-electron chi connectivity index (χ0n) is 13.7. The molecule has 0 fully saturated rings. The van der Waals surface area contributed by atoms with E-state index in [0.29, 0.717) is 11.6 Å². The lowest BCUT2D eigenvalue weighted by Gasteiger charge is -2.14. The van der Waals surface area contributed by atoms with Crippen molar-refractivity contribution in [2.75, 3.05) is 7.11 Å². The van der Waals surface area contributed by atoms with Crippen LogP contribution in [0.4, 0.5) is 0 Å². The van der Waals surface area contributed by atoms with Crippen molar-refractivity contribution < 1.29 is 14.3 Å². The summed E-state index contributed by atoms with van der Waals surface area (Å²) in [4.78, 5) is 11.5. The molecule has 2 aromatic carbocycles. The minimum atomic E-state index is -0.294. The third-order valence-corrected chi connectivity index (χ3v) is 4.15. The molecule has 2 rings (SSSR count). The number of methoxy groups -OCH3 is 1. The Hall–Kier alpha value is -2.00. The first-order valence-corrected chi connectivity index (χ1v) is 7.98. The average molecular weight is 333 g/mol. The van der Waals surface area contributed by atoms with Crippen LogP contribution in [-0.4, -0.2) is 13.1 Å². The molecular weight excluding hydrogens is 312 g/mol. The zero-order chi connectivity index (χ0) is 16.8. The number of esters is 1. The molecule has 2 aromatic rings. The van der Waals surface area contributed by atoms with Crippen molar-refractivity contribution in [3.05, 3.63) is 63.7 Å². The van der Waals surface area contributed by atoms with Gasteiger partial charge in [-0.05, 0) is 42.2 Å². The number of aryl methyl sites for hydroxylation is 2. The smallest absolute Gasteiger partial charge is 0.309 e. The molecule has 23 heavy (non-hydrogen) atoms. The highest BCUT2D eigenvalue weighted by molar-refractivity contribution is 6.31. The van der Waals surface area contributed by atoms with Gasteiger partial charge in [0.05, 0.1) is 13.5 Å². The van der Waals surface area contributed by atoms with Crippen molar-refractivity contribution >= 4 is 17.6 Å². The Morgan fingerprint density at radius 1 is 1.22 bits per heavy atom. The second kappa shape index (κ2) is 8.02. The molecule has 4 heteroatoms. The second-order valence-corrected chi connectivity index (χ2v) is 5.78. The number of benzene rings is 2. The van der Waals surface area contributed by atoms with Gasteiger partial charge in [0.25, 0.3) is 0 Å². The average Bonchev–Trinajstić information content (AvgIpc) is 2.55. The number of carbonyl (C=O) groups excluding carboxylic acids is 1. The molecule has 0 aliphatic heterocycles. The fraction of sp³-hybridized carbons (Fsp3) is 0.316. The molecular formula is C19H21ClO3. The summed E-state index contributed by atoms with van der Waals surface area (Å²) < 4.78 is 10.7.